The molecule has 0 bridgehead atoms. The molecule has 3 aromatic rings. The van der Waals surface area contributed by atoms with E-state index in [2.05, 4.69) is 0 Å². The van der Waals surface area contributed by atoms with Crippen LogP contribution in [0.4, 0.5) is 0 Å². The topological polar surface area (TPSA) is 101 Å². The Morgan fingerprint density at radius 2 is 1.74 bits per heavy atom. The summed E-state index contributed by atoms with van der Waals surface area (Å²) in [5.74, 6) is 0.373. The van der Waals surface area contributed by atoms with Crippen molar-refractivity contribution in [2.75, 3.05) is 19.5 Å². The number of rotatable bonds is 7. The van der Waals surface area contributed by atoms with Gasteiger partial charge in [-0.3, -0.25) is 4.79 Å². The van der Waals surface area contributed by atoms with Gasteiger partial charge in [-0.15, -0.1) is 0 Å². The lowest BCUT2D eigenvalue weighted by Gasteiger charge is -2.27. The standard InChI is InChI=1S/C25H25NO7S/c1-16-12-21(17(2)26(16)13-19-14-31-23-6-4-5-7-24(23)33-19)22(27)15-32-25(28)18-8-10-20(11-9-18)34(3,29)30/h4-12,19H,13-15H2,1-3H3/t19-/m0/s1. The number of esters is 1. The summed E-state index contributed by atoms with van der Waals surface area (Å²) >= 11 is 0. The number of para-hydroxylation sites is 2. The second kappa shape index (κ2) is 9.34. The van der Waals surface area contributed by atoms with Crippen molar-refractivity contribution in [3.8, 4) is 11.5 Å². The van der Waals surface area contributed by atoms with Crippen LogP contribution in [0.2, 0.25) is 0 Å². The third-order valence-corrected chi connectivity index (χ3v) is 6.81. The minimum atomic E-state index is -3.36. The number of aryl methyl sites for hydroxylation is 1. The van der Waals surface area contributed by atoms with Gasteiger partial charge in [0.05, 0.1) is 17.0 Å². The molecule has 2 heterocycles. The number of carbonyl (C=O) groups excluding carboxylic acids is 2. The fraction of sp³-hybridized carbons (Fsp3) is 0.280. The lowest BCUT2D eigenvalue weighted by Crippen LogP contribution is -2.33. The van der Waals surface area contributed by atoms with E-state index in [-0.39, 0.29) is 22.3 Å². The van der Waals surface area contributed by atoms with Crippen molar-refractivity contribution >= 4 is 21.6 Å². The van der Waals surface area contributed by atoms with Crippen LogP contribution >= 0.6 is 0 Å². The maximum absolute atomic E-state index is 12.8. The minimum absolute atomic E-state index is 0.100. The number of sulfone groups is 1. The molecule has 0 saturated carbocycles. The van der Waals surface area contributed by atoms with Gasteiger partial charge in [0.1, 0.15) is 6.61 Å². The van der Waals surface area contributed by atoms with Gasteiger partial charge in [0.15, 0.2) is 34.0 Å². The molecule has 0 spiro atoms. The van der Waals surface area contributed by atoms with Crippen LogP contribution < -0.4 is 9.47 Å². The fourth-order valence-electron chi connectivity index (χ4n) is 3.85. The molecule has 0 unspecified atom stereocenters. The Kier molecular flexibility index (Phi) is 6.47. The summed E-state index contributed by atoms with van der Waals surface area (Å²) in [6, 6.07) is 14.6. The molecular weight excluding hydrogens is 458 g/mol. The summed E-state index contributed by atoms with van der Waals surface area (Å²) in [4.78, 5) is 25.2. The van der Waals surface area contributed by atoms with E-state index in [1.807, 2.05) is 42.7 Å². The summed E-state index contributed by atoms with van der Waals surface area (Å²) < 4.78 is 42.1. The maximum Gasteiger partial charge on any atom is 0.338 e. The van der Waals surface area contributed by atoms with Crippen molar-refractivity contribution in [2.24, 2.45) is 0 Å². The highest BCUT2D eigenvalue weighted by atomic mass is 32.2. The van der Waals surface area contributed by atoms with Gasteiger partial charge in [-0.1, -0.05) is 12.1 Å². The number of nitrogens with zero attached hydrogens (tertiary/aromatic N) is 1. The monoisotopic (exact) mass is 483 g/mol. The number of ether oxygens (including phenoxy) is 3. The van der Waals surface area contributed by atoms with Gasteiger partial charge in [0, 0.05) is 23.2 Å². The van der Waals surface area contributed by atoms with Gasteiger partial charge < -0.3 is 18.8 Å². The molecule has 1 atom stereocenters. The molecule has 0 amide bonds. The maximum atomic E-state index is 12.8. The predicted molar refractivity (Wildman–Crippen MR) is 124 cm³/mol. The van der Waals surface area contributed by atoms with Crippen LogP contribution in [0, 0.1) is 13.8 Å². The van der Waals surface area contributed by atoms with Crippen LogP contribution in [-0.4, -0.2) is 50.3 Å². The second-order valence-corrected chi connectivity index (χ2v) is 10.2. The Bertz CT molecular complexity index is 1340. The Hall–Kier alpha value is -3.59. The first kappa shape index (κ1) is 23.6. The third-order valence-electron chi connectivity index (χ3n) is 5.68. The zero-order valence-corrected chi connectivity index (χ0v) is 19.9. The molecule has 0 saturated heterocycles. The van der Waals surface area contributed by atoms with Crippen molar-refractivity contribution in [1.82, 2.24) is 4.57 Å². The summed E-state index contributed by atoms with van der Waals surface area (Å²) in [5, 5.41) is 0. The lowest BCUT2D eigenvalue weighted by atomic mass is 10.1. The molecule has 1 aliphatic heterocycles. The molecule has 2 aromatic carbocycles. The van der Waals surface area contributed by atoms with Gasteiger partial charge in [-0.25, -0.2) is 13.2 Å². The SMILES string of the molecule is Cc1cc(C(=O)COC(=O)c2ccc(S(C)(=O)=O)cc2)c(C)n1C[C@H]1COc2ccccc2O1. The molecular formula is C25H25NO7S. The Morgan fingerprint density at radius 1 is 1.06 bits per heavy atom. The average molecular weight is 484 g/mol. The number of Topliss-reactive ketones (excluding diaryl/α,β-unsaturated/α-hetero) is 1. The van der Waals surface area contributed by atoms with Crippen molar-refractivity contribution < 1.29 is 32.2 Å². The van der Waals surface area contributed by atoms with E-state index in [1.54, 1.807) is 6.07 Å². The average Bonchev–Trinajstić information content (AvgIpc) is 3.10. The third kappa shape index (κ3) is 4.99. The first-order valence-electron chi connectivity index (χ1n) is 10.7. The lowest BCUT2D eigenvalue weighted by molar-refractivity contribution is 0.0474. The summed E-state index contributed by atoms with van der Waals surface area (Å²) in [6.45, 7) is 4.21. The number of benzene rings is 2. The molecule has 8 nitrogen and oxygen atoms in total. The van der Waals surface area contributed by atoms with Crippen molar-refractivity contribution in [1.29, 1.82) is 0 Å². The number of ketones is 1. The first-order valence-corrected chi connectivity index (χ1v) is 12.6. The highest BCUT2D eigenvalue weighted by Crippen LogP contribution is 2.31. The van der Waals surface area contributed by atoms with Crippen molar-refractivity contribution in [3.05, 3.63) is 77.1 Å². The number of hydrogen-bond donors (Lipinski definition) is 0. The number of fused-ring (bicyclic) bond motifs is 1. The van der Waals surface area contributed by atoms with E-state index < -0.39 is 22.4 Å². The van der Waals surface area contributed by atoms with Crippen LogP contribution in [0.25, 0.3) is 0 Å². The van der Waals surface area contributed by atoms with Crippen molar-refractivity contribution in [3.63, 3.8) is 0 Å². The van der Waals surface area contributed by atoms with Crippen molar-refractivity contribution in [2.45, 2.75) is 31.4 Å². The van der Waals surface area contributed by atoms with Crippen LogP contribution in [0.5, 0.6) is 11.5 Å². The summed E-state index contributed by atoms with van der Waals surface area (Å²) in [6.07, 6.45) is 0.872. The predicted octanol–water partition coefficient (Wildman–Crippen LogP) is 3.39. The Balaban J connectivity index is 1.39. The fourth-order valence-corrected chi connectivity index (χ4v) is 4.48. The number of carbonyl (C=O) groups is 2. The van der Waals surface area contributed by atoms with Gasteiger partial charge in [0.25, 0.3) is 0 Å². The quantitative estimate of drug-likeness (QED) is 0.375. The van der Waals surface area contributed by atoms with E-state index in [1.165, 1.54) is 24.3 Å². The molecule has 4 rings (SSSR count). The van der Waals surface area contributed by atoms with Crippen LogP contribution in [0.1, 0.15) is 32.1 Å². The Morgan fingerprint density at radius 3 is 2.41 bits per heavy atom. The Labute approximate surface area is 198 Å². The number of hydrogen-bond acceptors (Lipinski definition) is 7. The van der Waals surface area contributed by atoms with Gasteiger partial charge >= 0.3 is 5.97 Å². The normalized spacial score (nSPS) is 15.1. The van der Waals surface area contributed by atoms with Gasteiger partial charge in [-0.2, -0.15) is 0 Å². The van der Waals surface area contributed by atoms with E-state index in [9.17, 15) is 18.0 Å². The number of aromatic nitrogens is 1. The molecule has 34 heavy (non-hydrogen) atoms. The zero-order chi connectivity index (χ0) is 24.5. The first-order chi connectivity index (χ1) is 16.1. The smallest absolute Gasteiger partial charge is 0.338 e. The van der Waals surface area contributed by atoms with Crippen LogP contribution in [0.3, 0.4) is 0 Å². The highest BCUT2D eigenvalue weighted by Gasteiger charge is 2.24. The van der Waals surface area contributed by atoms with Crippen LogP contribution in [0.15, 0.2) is 59.5 Å². The molecule has 1 aliphatic rings. The highest BCUT2D eigenvalue weighted by molar-refractivity contribution is 7.90. The minimum Gasteiger partial charge on any atom is -0.486 e. The zero-order valence-electron chi connectivity index (χ0n) is 19.1. The summed E-state index contributed by atoms with van der Waals surface area (Å²) in [7, 11) is -3.36. The van der Waals surface area contributed by atoms with E-state index in [0.717, 1.165) is 17.6 Å². The molecule has 1 aromatic heterocycles. The molecule has 178 valence electrons. The van der Waals surface area contributed by atoms with Gasteiger partial charge in [0.2, 0.25) is 5.78 Å². The molecule has 9 heteroatoms. The molecule has 0 radical (unpaired) electrons. The van der Waals surface area contributed by atoms with Crippen LogP contribution in [-0.2, 0) is 21.1 Å². The van der Waals surface area contributed by atoms with E-state index >= 15 is 0 Å². The molecule has 0 N–H and O–H groups in total. The van der Waals surface area contributed by atoms with Gasteiger partial charge in [-0.05, 0) is 56.3 Å². The molecule has 0 aliphatic carbocycles. The summed E-state index contributed by atoms with van der Waals surface area (Å²) in [5.41, 5.74) is 2.26. The van der Waals surface area contributed by atoms with E-state index in [4.69, 9.17) is 14.2 Å². The van der Waals surface area contributed by atoms with E-state index in [0.29, 0.717) is 30.2 Å². The molecule has 0 fully saturated rings. The second-order valence-electron chi connectivity index (χ2n) is 8.19. The largest absolute Gasteiger partial charge is 0.486 e.